The fraction of sp³-hybridized carbons (Fsp3) is 0.480. The van der Waals surface area contributed by atoms with Crippen LogP contribution in [0.2, 0.25) is 0 Å². The van der Waals surface area contributed by atoms with Gasteiger partial charge in [-0.1, -0.05) is 42.5 Å². The number of ether oxygens (including phenoxy) is 1. The van der Waals surface area contributed by atoms with Crippen LogP contribution < -0.4 is 5.32 Å². The number of halogens is 1. The van der Waals surface area contributed by atoms with Crippen LogP contribution in [0.1, 0.15) is 29.5 Å². The van der Waals surface area contributed by atoms with Crippen LogP contribution in [0.25, 0.3) is 0 Å². The van der Waals surface area contributed by atoms with Crippen LogP contribution in [0.5, 0.6) is 0 Å². The van der Waals surface area contributed by atoms with Crippen molar-refractivity contribution in [2.24, 2.45) is 5.92 Å². The molecule has 1 unspecified atom stereocenters. The summed E-state index contributed by atoms with van der Waals surface area (Å²) < 4.78 is 19.4. The molecule has 1 atom stereocenters. The van der Waals surface area contributed by atoms with Crippen LogP contribution in [-0.2, 0) is 29.2 Å². The third kappa shape index (κ3) is 6.35. The van der Waals surface area contributed by atoms with Gasteiger partial charge in [0.1, 0.15) is 5.82 Å². The second-order valence-corrected chi connectivity index (χ2v) is 8.59. The lowest BCUT2D eigenvalue weighted by atomic mass is 9.96. The largest absolute Gasteiger partial charge is 0.379 e. The van der Waals surface area contributed by atoms with Gasteiger partial charge in [-0.2, -0.15) is 0 Å². The number of nitrogens with zero attached hydrogens (tertiary/aromatic N) is 2. The minimum atomic E-state index is -0.175. The first-order chi connectivity index (χ1) is 15.2. The first kappa shape index (κ1) is 21.9. The number of hydrogen-bond donors (Lipinski definition) is 1. The Morgan fingerprint density at radius 1 is 1.00 bits per heavy atom. The molecule has 31 heavy (non-hydrogen) atoms. The molecule has 5 nitrogen and oxygen atoms in total. The molecule has 0 bridgehead atoms. The molecule has 2 saturated heterocycles. The van der Waals surface area contributed by atoms with Gasteiger partial charge in [0.05, 0.1) is 19.1 Å². The Morgan fingerprint density at radius 2 is 1.81 bits per heavy atom. The highest BCUT2D eigenvalue weighted by atomic mass is 19.1. The van der Waals surface area contributed by atoms with Gasteiger partial charge in [0.15, 0.2) is 0 Å². The lowest BCUT2D eigenvalue weighted by Crippen LogP contribution is -2.42. The summed E-state index contributed by atoms with van der Waals surface area (Å²) in [5.74, 6) is -0.125. The fourth-order valence-corrected chi connectivity index (χ4v) is 4.47. The maximum absolute atomic E-state index is 14.0. The van der Waals surface area contributed by atoms with Crippen molar-refractivity contribution in [2.75, 3.05) is 39.4 Å². The summed E-state index contributed by atoms with van der Waals surface area (Å²) in [5, 5.41) is 3.12. The monoisotopic (exact) mass is 425 g/mol. The lowest BCUT2D eigenvalue weighted by Gasteiger charge is -2.32. The summed E-state index contributed by atoms with van der Waals surface area (Å²) in [6, 6.07) is 15.3. The second kappa shape index (κ2) is 10.8. The van der Waals surface area contributed by atoms with E-state index in [0.29, 0.717) is 25.2 Å². The summed E-state index contributed by atoms with van der Waals surface area (Å²) in [4.78, 5) is 17.4. The van der Waals surface area contributed by atoms with Gasteiger partial charge in [0.25, 0.3) is 0 Å². The number of hydrogen-bond acceptors (Lipinski definition) is 4. The number of nitrogens with one attached hydrogen (secondary N) is 1. The van der Waals surface area contributed by atoms with E-state index in [-0.39, 0.29) is 17.6 Å². The Kier molecular flexibility index (Phi) is 7.67. The van der Waals surface area contributed by atoms with Crippen LogP contribution in [0, 0.1) is 11.7 Å². The van der Waals surface area contributed by atoms with Crippen molar-refractivity contribution >= 4 is 5.91 Å². The van der Waals surface area contributed by atoms with Gasteiger partial charge in [-0.05, 0) is 36.6 Å². The summed E-state index contributed by atoms with van der Waals surface area (Å²) in [6.07, 6.45) is 1.85. The Labute approximate surface area is 184 Å². The Morgan fingerprint density at radius 3 is 2.65 bits per heavy atom. The molecule has 4 rings (SSSR count). The predicted molar refractivity (Wildman–Crippen MR) is 119 cm³/mol. The van der Waals surface area contributed by atoms with Crippen LogP contribution in [-0.4, -0.2) is 55.1 Å². The van der Waals surface area contributed by atoms with Crippen molar-refractivity contribution in [3.8, 4) is 0 Å². The van der Waals surface area contributed by atoms with Gasteiger partial charge < -0.3 is 10.1 Å². The van der Waals surface area contributed by atoms with E-state index < -0.39 is 0 Å². The molecule has 0 saturated carbocycles. The third-order valence-electron chi connectivity index (χ3n) is 6.20. The number of benzene rings is 2. The highest BCUT2D eigenvalue weighted by Crippen LogP contribution is 2.20. The number of amides is 1. The van der Waals surface area contributed by atoms with Crippen molar-refractivity contribution in [2.45, 2.75) is 32.5 Å². The second-order valence-electron chi connectivity index (χ2n) is 8.59. The Balaban J connectivity index is 1.27. The van der Waals surface area contributed by atoms with Crippen molar-refractivity contribution < 1.29 is 13.9 Å². The van der Waals surface area contributed by atoms with Gasteiger partial charge in [0, 0.05) is 44.8 Å². The highest BCUT2D eigenvalue weighted by Gasteiger charge is 2.26. The summed E-state index contributed by atoms with van der Waals surface area (Å²) in [7, 11) is 0. The number of likely N-dealkylation sites (tertiary alicyclic amines) is 1. The van der Waals surface area contributed by atoms with Crippen LogP contribution in [0.4, 0.5) is 4.39 Å². The molecule has 1 N–H and O–H groups in total. The van der Waals surface area contributed by atoms with Gasteiger partial charge >= 0.3 is 0 Å². The van der Waals surface area contributed by atoms with Gasteiger partial charge in [-0.15, -0.1) is 0 Å². The number of morpholine rings is 1. The van der Waals surface area contributed by atoms with E-state index in [1.54, 1.807) is 6.07 Å². The molecular formula is C25H32FN3O2. The first-order valence-corrected chi connectivity index (χ1v) is 11.3. The van der Waals surface area contributed by atoms with E-state index in [1.807, 2.05) is 12.1 Å². The molecular weight excluding hydrogens is 393 g/mol. The van der Waals surface area contributed by atoms with Crippen LogP contribution in [0.3, 0.4) is 0 Å². The van der Waals surface area contributed by atoms with Crippen molar-refractivity contribution in [3.63, 3.8) is 0 Å². The molecule has 2 aliphatic heterocycles. The van der Waals surface area contributed by atoms with E-state index >= 15 is 0 Å². The maximum Gasteiger partial charge on any atom is 0.224 e. The van der Waals surface area contributed by atoms with Gasteiger partial charge in [-0.3, -0.25) is 14.6 Å². The third-order valence-corrected chi connectivity index (χ3v) is 6.20. The van der Waals surface area contributed by atoms with Crippen LogP contribution in [0.15, 0.2) is 48.5 Å². The summed E-state index contributed by atoms with van der Waals surface area (Å²) in [5.41, 5.74) is 3.08. The standard InChI is InChI=1S/C25H32FN3O2/c26-24-9-2-1-7-22(24)18-29-10-4-8-23(19-29)25(30)27-16-20-5-3-6-21(15-20)17-28-11-13-31-14-12-28/h1-3,5-7,9,15,23H,4,8,10-14,16-19H2,(H,27,30). The number of rotatable bonds is 7. The summed E-state index contributed by atoms with van der Waals surface area (Å²) >= 11 is 0. The van der Waals surface area contributed by atoms with E-state index in [9.17, 15) is 9.18 Å². The topological polar surface area (TPSA) is 44.8 Å². The van der Waals surface area contributed by atoms with E-state index in [2.05, 4.69) is 39.4 Å². The minimum Gasteiger partial charge on any atom is -0.379 e. The number of carbonyl (C=O) groups is 1. The number of piperidine rings is 1. The van der Waals surface area contributed by atoms with Crippen molar-refractivity contribution in [3.05, 3.63) is 71.0 Å². The zero-order valence-corrected chi connectivity index (χ0v) is 18.1. The van der Waals surface area contributed by atoms with Crippen molar-refractivity contribution in [1.29, 1.82) is 0 Å². The smallest absolute Gasteiger partial charge is 0.224 e. The van der Waals surface area contributed by atoms with Crippen molar-refractivity contribution in [1.82, 2.24) is 15.1 Å². The van der Waals surface area contributed by atoms with Crippen LogP contribution >= 0.6 is 0 Å². The molecule has 2 aromatic carbocycles. The average molecular weight is 426 g/mol. The molecule has 6 heteroatoms. The first-order valence-electron chi connectivity index (χ1n) is 11.3. The van der Waals surface area contributed by atoms with E-state index in [4.69, 9.17) is 4.74 Å². The fourth-order valence-electron chi connectivity index (χ4n) is 4.47. The predicted octanol–water partition coefficient (Wildman–Crippen LogP) is 3.19. The maximum atomic E-state index is 14.0. The SMILES string of the molecule is O=C(NCc1cccc(CN2CCOCC2)c1)C1CCCN(Cc2ccccc2F)C1. The zero-order chi connectivity index (χ0) is 21.5. The molecule has 2 aromatic rings. The van der Waals surface area contributed by atoms with E-state index in [1.165, 1.54) is 11.6 Å². The molecule has 2 heterocycles. The van der Waals surface area contributed by atoms with E-state index in [0.717, 1.165) is 57.8 Å². The zero-order valence-electron chi connectivity index (χ0n) is 18.1. The van der Waals surface area contributed by atoms with Gasteiger partial charge in [-0.25, -0.2) is 4.39 Å². The molecule has 0 radical (unpaired) electrons. The molecule has 0 spiro atoms. The average Bonchev–Trinajstić information content (AvgIpc) is 2.80. The highest BCUT2D eigenvalue weighted by molar-refractivity contribution is 5.79. The molecule has 2 fully saturated rings. The minimum absolute atomic E-state index is 0.0444. The normalized spacial score (nSPS) is 20.5. The lowest BCUT2D eigenvalue weighted by molar-refractivity contribution is -0.126. The summed E-state index contributed by atoms with van der Waals surface area (Å²) in [6.45, 7) is 7.12. The molecule has 166 valence electrons. The Bertz CT molecular complexity index is 869. The quantitative estimate of drug-likeness (QED) is 0.740. The number of carbonyl (C=O) groups excluding carboxylic acids is 1. The molecule has 2 aliphatic rings. The Hall–Kier alpha value is -2.28. The molecule has 0 aliphatic carbocycles. The molecule has 1 amide bonds. The molecule has 0 aromatic heterocycles. The van der Waals surface area contributed by atoms with Gasteiger partial charge in [0.2, 0.25) is 5.91 Å².